The minimum absolute atomic E-state index is 0.597. The van der Waals surface area contributed by atoms with Gasteiger partial charge in [0.1, 0.15) is 0 Å². The van der Waals surface area contributed by atoms with Gasteiger partial charge in [0.25, 0.3) is 0 Å². The summed E-state index contributed by atoms with van der Waals surface area (Å²) in [6.07, 6.45) is 6.56. The lowest BCUT2D eigenvalue weighted by atomic mass is 10.2. The lowest BCUT2D eigenvalue weighted by Gasteiger charge is -2.12. The number of ether oxygens (including phenoxy) is 1. The van der Waals surface area contributed by atoms with E-state index in [1.807, 2.05) is 0 Å². The van der Waals surface area contributed by atoms with Crippen LogP contribution in [0.4, 0.5) is 0 Å². The summed E-state index contributed by atoms with van der Waals surface area (Å²) in [5.41, 5.74) is 0. The molecule has 0 bridgehead atoms. The van der Waals surface area contributed by atoms with E-state index in [4.69, 9.17) is 4.74 Å². The molecule has 2 nitrogen and oxygen atoms in total. The summed E-state index contributed by atoms with van der Waals surface area (Å²) in [6, 6.07) is 0.597. The minimum Gasteiger partial charge on any atom is -0.385 e. The Morgan fingerprint density at radius 2 is 1.93 bits per heavy atom. The van der Waals surface area contributed by atoms with E-state index in [9.17, 15) is 0 Å². The molecule has 0 heterocycles. The van der Waals surface area contributed by atoms with Crippen LogP contribution >= 0.6 is 22.6 Å². The Hall–Kier alpha value is 0.650. The first-order valence-corrected chi connectivity index (χ1v) is 7.12. The highest BCUT2D eigenvalue weighted by molar-refractivity contribution is 14.1. The molecule has 0 aliphatic carbocycles. The van der Waals surface area contributed by atoms with Gasteiger partial charge in [-0.25, -0.2) is 0 Å². The number of hydrogen-bond acceptors (Lipinski definition) is 2. The van der Waals surface area contributed by atoms with Crippen molar-refractivity contribution in [2.75, 3.05) is 24.7 Å². The average Bonchev–Trinajstić information content (AvgIpc) is 2.20. The molecule has 0 saturated heterocycles. The van der Waals surface area contributed by atoms with Crippen molar-refractivity contribution >= 4 is 22.6 Å². The van der Waals surface area contributed by atoms with E-state index in [2.05, 4.69) is 34.8 Å². The van der Waals surface area contributed by atoms with E-state index >= 15 is 0 Å². The molecule has 14 heavy (non-hydrogen) atoms. The van der Waals surface area contributed by atoms with Gasteiger partial charge in [-0.1, -0.05) is 35.4 Å². The van der Waals surface area contributed by atoms with Gasteiger partial charge in [-0.05, 0) is 37.2 Å². The molecule has 0 fully saturated rings. The topological polar surface area (TPSA) is 21.3 Å². The van der Waals surface area contributed by atoms with Crippen molar-refractivity contribution in [2.45, 2.75) is 45.1 Å². The first-order valence-electron chi connectivity index (χ1n) is 5.59. The molecule has 0 amide bonds. The second-order valence-corrected chi connectivity index (χ2v) is 4.82. The number of rotatable bonds is 10. The van der Waals surface area contributed by atoms with Crippen LogP contribution in [0.1, 0.15) is 39.0 Å². The molecule has 1 N–H and O–H groups in total. The van der Waals surface area contributed by atoms with Crippen molar-refractivity contribution < 1.29 is 4.74 Å². The van der Waals surface area contributed by atoms with Crippen molar-refractivity contribution in [3.05, 3.63) is 0 Å². The van der Waals surface area contributed by atoms with Crippen LogP contribution in [0, 0.1) is 0 Å². The molecule has 0 rings (SSSR count). The Balaban J connectivity index is 3.02. The van der Waals surface area contributed by atoms with Crippen LogP contribution in [-0.4, -0.2) is 30.7 Å². The standard InChI is InChI=1S/C11H24INO/c1-11(7-10-14-2)13-9-6-4-3-5-8-12/h11,13H,3-10H2,1-2H3. The number of halogens is 1. The monoisotopic (exact) mass is 313 g/mol. The summed E-state index contributed by atoms with van der Waals surface area (Å²) < 4.78 is 6.33. The molecule has 0 aliphatic rings. The quantitative estimate of drug-likeness (QED) is 0.380. The molecule has 0 radical (unpaired) electrons. The van der Waals surface area contributed by atoms with Gasteiger partial charge in [0, 0.05) is 19.8 Å². The highest BCUT2D eigenvalue weighted by atomic mass is 127. The molecule has 3 heteroatoms. The third-order valence-electron chi connectivity index (χ3n) is 2.31. The number of unbranched alkanes of at least 4 members (excludes halogenated alkanes) is 3. The van der Waals surface area contributed by atoms with Crippen LogP contribution < -0.4 is 5.32 Å². The summed E-state index contributed by atoms with van der Waals surface area (Å²) >= 11 is 2.44. The predicted molar refractivity (Wildman–Crippen MR) is 71.3 cm³/mol. The number of alkyl halides is 1. The van der Waals surface area contributed by atoms with Gasteiger partial charge in [0.2, 0.25) is 0 Å². The number of hydrogen-bond donors (Lipinski definition) is 1. The molecule has 1 atom stereocenters. The van der Waals surface area contributed by atoms with Gasteiger partial charge in [0.05, 0.1) is 0 Å². The fourth-order valence-electron chi connectivity index (χ4n) is 1.32. The van der Waals surface area contributed by atoms with Gasteiger partial charge in [-0.2, -0.15) is 0 Å². The van der Waals surface area contributed by atoms with E-state index < -0.39 is 0 Å². The molecule has 0 aromatic rings. The maximum atomic E-state index is 5.03. The lowest BCUT2D eigenvalue weighted by molar-refractivity contribution is 0.185. The Bertz CT molecular complexity index is 111. The Kier molecular flexibility index (Phi) is 12.3. The molecule has 1 unspecified atom stereocenters. The van der Waals surface area contributed by atoms with E-state index in [0.717, 1.165) is 19.6 Å². The van der Waals surface area contributed by atoms with Crippen molar-refractivity contribution in [3.63, 3.8) is 0 Å². The van der Waals surface area contributed by atoms with Gasteiger partial charge in [0.15, 0.2) is 0 Å². The van der Waals surface area contributed by atoms with Crippen LogP contribution in [-0.2, 0) is 4.74 Å². The first kappa shape index (κ1) is 14.6. The highest BCUT2D eigenvalue weighted by Gasteiger charge is 1.99. The fraction of sp³-hybridized carbons (Fsp3) is 1.00. The zero-order valence-corrected chi connectivity index (χ0v) is 11.7. The van der Waals surface area contributed by atoms with Crippen molar-refractivity contribution in [1.29, 1.82) is 0 Å². The maximum Gasteiger partial charge on any atom is 0.0476 e. The van der Waals surface area contributed by atoms with Crippen LogP contribution in [0.25, 0.3) is 0 Å². The largest absolute Gasteiger partial charge is 0.385 e. The molecular weight excluding hydrogens is 289 g/mol. The summed E-state index contributed by atoms with van der Waals surface area (Å²) in [6.45, 7) is 4.25. The Labute approximate surface area is 102 Å². The van der Waals surface area contributed by atoms with Crippen molar-refractivity contribution in [2.24, 2.45) is 0 Å². The third-order valence-corrected chi connectivity index (χ3v) is 3.07. The molecular formula is C11H24INO. The SMILES string of the molecule is COCCC(C)NCCCCCCI. The smallest absolute Gasteiger partial charge is 0.0476 e. The van der Waals surface area contributed by atoms with Crippen molar-refractivity contribution in [3.8, 4) is 0 Å². The second-order valence-electron chi connectivity index (χ2n) is 3.74. The minimum atomic E-state index is 0.597. The number of nitrogens with one attached hydrogen (secondary N) is 1. The summed E-state index contributed by atoms with van der Waals surface area (Å²) in [7, 11) is 1.76. The molecule has 0 spiro atoms. The van der Waals surface area contributed by atoms with Gasteiger partial charge >= 0.3 is 0 Å². The molecule has 0 aromatic carbocycles. The molecule has 0 aromatic heterocycles. The predicted octanol–water partition coefficient (Wildman–Crippen LogP) is 3.00. The normalized spacial score (nSPS) is 13.1. The van der Waals surface area contributed by atoms with E-state index in [1.165, 1.54) is 30.1 Å². The maximum absolute atomic E-state index is 5.03. The van der Waals surface area contributed by atoms with Gasteiger partial charge in [-0.15, -0.1) is 0 Å². The zero-order valence-electron chi connectivity index (χ0n) is 9.52. The first-order chi connectivity index (χ1) is 6.81. The van der Waals surface area contributed by atoms with Crippen LogP contribution in [0.2, 0.25) is 0 Å². The Morgan fingerprint density at radius 3 is 2.57 bits per heavy atom. The van der Waals surface area contributed by atoms with Gasteiger partial charge in [-0.3, -0.25) is 0 Å². The summed E-state index contributed by atoms with van der Waals surface area (Å²) in [5, 5.41) is 3.51. The summed E-state index contributed by atoms with van der Waals surface area (Å²) in [4.78, 5) is 0. The van der Waals surface area contributed by atoms with Crippen molar-refractivity contribution in [1.82, 2.24) is 5.32 Å². The van der Waals surface area contributed by atoms with E-state index in [-0.39, 0.29) is 0 Å². The van der Waals surface area contributed by atoms with Crippen LogP contribution in [0.5, 0.6) is 0 Å². The Morgan fingerprint density at radius 1 is 1.21 bits per heavy atom. The highest BCUT2D eigenvalue weighted by Crippen LogP contribution is 2.01. The second kappa shape index (κ2) is 11.7. The van der Waals surface area contributed by atoms with E-state index in [1.54, 1.807) is 7.11 Å². The zero-order chi connectivity index (χ0) is 10.6. The molecule has 86 valence electrons. The fourth-order valence-corrected chi connectivity index (χ4v) is 1.86. The van der Waals surface area contributed by atoms with E-state index in [0.29, 0.717) is 6.04 Å². The van der Waals surface area contributed by atoms with Crippen LogP contribution in [0.15, 0.2) is 0 Å². The van der Waals surface area contributed by atoms with Gasteiger partial charge < -0.3 is 10.1 Å². The third kappa shape index (κ3) is 10.7. The molecule has 0 saturated carbocycles. The summed E-state index contributed by atoms with van der Waals surface area (Å²) in [5.74, 6) is 0. The number of methoxy groups -OCH3 is 1. The lowest BCUT2D eigenvalue weighted by Crippen LogP contribution is -2.28. The molecule has 0 aliphatic heterocycles. The van der Waals surface area contributed by atoms with Crippen LogP contribution in [0.3, 0.4) is 0 Å². The average molecular weight is 313 g/mol.